The topological polar surface area (TPSA) is 60.2 Å². The predicted molar refractivity (Wildman–Crippen MR) is 92.7 cm³/mol. The molecule has 0 unspecified atom stereocenters. The van der Waals surface area contributed by atoms with E-state index in [1.807, 2.05) is 11.0 Å². The number of likely N-dealkylation sites (tertiary alicyclic amines) is 1. The van der Waals surface area contributed by atoms with Crippen LogP contribution in [0.5, 0.6) is 0 Å². The number of rotatable bonds is 5. The monoisotopic (exact) mass is 340 g/mol. The number of benzene rings is 1. The van der Waals surface area contributed by atoms with Gasteiger partial charge in [0.1, 0.15) is 6.33 Å². The third-order valence-corrected chi connectivity index (χ3v) is 5.45. The van der Waals surface area contributed by atoms with Gasteiger partial charge < -0.3 is 14.2 Å². The minimum absolute atomic E-state index is 0.156. The number of aryl methyl sites for hydroxylation is 2. The number of aromatic nitrogens is 3. The van der Waals surface area contributed by atoms with Crippen molar-refractivity contribution in [3.8, 4) is 0 Å². The van der Waals surface area contributed by atoms with Crippen LogP contribution in [-0.2, 0) is 29.0 Å². The maximum atomic E-state index is 12.4. The molecule has 1 spiro atoms. The predicted octanol–water partition coefficient (Wildman–Crippen LogP) is 2.05. The van der Waals surface area contributed by atoms with Crippen LogP contribution >= 0.6 is 0 Å². The molecular weight excluding hydrogens is 316 g/mol. The SMILES string of the molecule is O=C1CC[C@@]2(CCOC2)CN1Cc1nncn1CCc1ccccc1. The van der Waals surface area contributed by atoms with Crippen LogP contribution in [-0.4, -0.2) is 45.3 Å². The molecule has 3 heterocycles. The first-order chi connectivity index (χ1) is 12.2. The first kappa shape index (κ1) is 16.3. The molecule has 2 saturated heterocycles. The molecule has 25 heavy (non-hydrogen) atoms. The first-order valence-corrected chi connectivity index (χ1v) is 9.00. The molecule has 0 radical (unpaired) electrons. The van der Waals surface area contributed by atoms with E-state index in [-0.39, 0.29) is 11.3 Å². The highest BCUT2D eigenvalue weighted by molar-refractivity contribution is 5.77. The van der Waals surface area contributed by atoms with Crippen molar-refractivity contribution in [2.75, 3.05) is 19.8 Å². The third-order valence-electron chi connectivity index (χ3n) is 5.45. The molecule has 1 atom stereocenters. The van der Waals surface area contributed by atoms with E-state index in [4.69, 9.17) is 4.74 Å². The van der Waals surface area contributed by atoms with Crippen molar-refractivity contribution in [1.82, 2.24) is 19.7 Å². The molecule has 1 aromatic carbocycles. The molecule has 0 saturated carbocycles. The highest BCUT2D eigenvalue weighted by Crippen LogP contribution is 2.38. The minimum Gasteiger partial charge on any atom is -0.381 e. The van der Waals surface area contributed by atoms with Gasteiger partial charge in [0.15, 0.2) is 5.82 Å². The molecule has 1 aromatic heterocycles. The lowest BCUT2D eigenvalue weighted by molar-refractivity contribution is -0.138. The summed E-state index contributed by atoms with van der Waals surface area (Å²) in [6.45, 7) is 3.72. The molecule has 2 aliphatic heterocycles. The summed E-state index contributed by atoms with van der Waals surface area (Å²) in [7, 11) is 0. The average Bonchev–Trinajstić information content (AvgIpc) is 3.27. The number of amides is 1. The molecule has 132 valence electrons. The summed E-state index contributed by atoms with van der Waals surface area (Å²) < 4.78 is 7.66. The number of nitrogens with zero attached hydrogens (tertiary/aromatic N) is 4. The Kier molecular flexibility index (Phi) is 4.53. The van der Waals surface area contributed by atoms with E-state index < -0.39 is 0 Å². The van der Waals surface area contributed by atoms with E-state index >= 15 is 0 Å². The Hall–Kier alpha value is -2.21. The van der Waals surface area contributed by atoms with E-state index in [1.165, 1.54) is 5.56 Å². The van der Waals surface area contributed by atoms with Gasteiger partial charge >= 0.3 is 0 Å². The molecule has 0 N–H and O–H groups in total. The number of carbonyl (C=O) groups is 1. The van der Waals surface area contributed by atoms with E-state index in [0.29, 0.717) is 13.0 Å². The molecule has 6 heteroatoms. The van der Waals surface area contributed by atoms with E-state index in [2.05, 4.69) is 39.0 Å². The van der Waals surface area contributed by atoms with Gasteiger partial charge in [-0.2, -0.15) is 0 Å². The molecule has 2 aliphatic rings. The van der Waals surface area contributed by atoms with Crippen molar-refractivity contribution in [2.45, 2.75) is 38.8 Å². The second-order valence-electron chi connectivity index (χ2n) is 7.23. The number of piperidine rings is 1. The molecule has 1 amide bonds. The van der Waals surface area contributed by atoms with Crippen LogP contribution in [0.2, 0.25) is 0 Å². The summed E-state index contributed by atoms with van der Waals surface area (Å²) in [4.78, 5) is 14.3. The van der Waals surface area contributed by atoms with Gasteiger partial charge in [-0.15, -0.1) is 10.2 Å². The lowest BCUT2D eigenvalue weighted by Crippen LogP contribution is -2.46. The van der Waals surface area contributed by atoms with Crippen molar-refractivity contribution in [3.05, 3.63) is 48.0 Å². The van der Waals surface area contributed by atoms with Crippen LogP contribution in [0, 0.1) is 5.41 Å². The van der Waals surface area contributed by atoms with Gasteiger partial charge in [-0.1, -0.05) is 30.3 Å². The van der Waals surface area contributed by atoms with Gasteiger partial charge in [-0.3, -0.25) is 4.79 Å². The maximum absolute atomic E-state index is 12.4. The molecule has 2 fully saturated rings. The van der Waals surface area contributed by atoms with E-state index in [0.717, 1.165) is 51.4 Å². The Labute approximate surface area is 147 Å². The van der Waals surface area contributed by atoms with E-state index in [9.17, 15) is 4.79 Å². The van der Waals surface area contributed by atoms with Gasteiger partial charge in [0.2, 0.25) is 5.91 Å². The average molecular weight is 340 g/mol. The Bertz CT molecular complexity index is 722. The molecule has 2 aromatic rings. The highest BCUT2D eigenvalue weighted by Gasteiger charge is 2.41. The third kappa shape index (κ3) is 3.58. The zero-order valence-corrected chi connectivity index (χ0v) is 14.4. The van der Waals surface area contributed by atoms with Crippen LogP contribution in [0.15, 0.2) is 36.7 Å². The summed E-state index contributed by atoms with van der Waals surface area (Å²) in [5.74, 6) is 1.08. The van der Waals surface area contributed by atoms with Crippen LogP contribution in [0.3, 0.4) is 0 Å². The number of hydrogen-bond acceptors (Lipinski definition) is 4. The van der Waals surface area contributed by atoms with Crippen molar-refractivity contribution in [2.24, 2.45) is 5.41 Å². The summed E-state index contributed by atoms with van der Waals surface area (Å²) >= 11 is 0. The van der Waals surface area contributed by atoms with Crippen LogP contribution in [0.25, 0.3) is 0 Å². The Balaban J connectivity index is 1.42. The van der Waals surface area contributed by atoms with Gasteiger partial charge in [-0.25, -0.2) is 0 Å². The van der Waals surface area contributed by atoms with Crippen LogP contribution in [0.1, 0.15) is 30.7 Å². The first-order valence-electron chi connectivity index (χ1n) is 9.00. The molecule has 0 bridgehead atoms. The van der Waals surface area contributed by atoms with Crippen molar-refractivity contribution in [3.63, 3.8) is 0 Å². The largest absolute Gasteiger partial charge is 0.381 e. The Morgan fingerprint density at radius 3 is 2.88 bits per heavy atom. The zero-order chi connectivity index (χ0) is 17.1. The Morgan fingerprint density at radius 1 is 1.20 bits per heavy atom. The number of carbonyl (C=O) groups excluding carboxylic acids is 1. The molecule has 4 rings (SSSR count). The molecule has 0 aliphatic carbocycles. The lowest BCUT2D eigenvalue weighted by atomic mass is 9.79. The fraction of sp³-hybridized carbons (Fsp3) is 0.526. The molecule has 6 nitrogen and oxygen atoms in total. The molecular formula is C19H24N4O2. The quantitative estimate of drug-likeness (QED) is 0.836. The van der Waals surface area contributed by atoms with E-state index in [1.54, 1.807) is 6.33 Å². The van der Waals surface area contributed by atoms with Crippen LogP contribution in [0.4, 0.5) is 0 Å². The van der Waals surface area contributed by atoms with Gasteiger partial charge in [-0.05, 0) is 24.8 Å². The second-order valence-corrected chi connectivity index (χ2v) is 7.23. The van der Waals surface area contributed by atoms with Gasteiger partial charge in [0.25, 0.3) is 0 Å². The van der Waals surface area contributed by atoms with Gasteiger partial charge in [0, 0.05) is 31.5 Å². The second kappa shape index (κ2) is 6.96. The number of hydrogen-bond donors (Lipinski definition) is 0. The smallest absolute Gasteiger partial charge is 0.223 e. The fourth-order valence-corrected chi connectivity index (χ4v) is 3.87. The lowest BCUT2D eigenvalue weighted by Gasteiger charge is -2.39. The maximum Gasteiger partial charge on any atom is 0.223 e. The standard InChI is InChI=1S/C19H24N4O2/c24-18-6-8-19(9-11-25-14-19)13-23(18)12-17-21-20-15-22(17)10-7-16-4-2-1-3-5-16/h1-5,15H,6-14H2/t19-/m1/s1. The van der Waals surface area contributed by atoms with Crippen molar-refractivity contribution >= 4 is 5.91 Å². The van der Waals surface area contributed by atoms with Crippen molar-refractivity contribution < 1.29 is 9.53 Å². The summed E-state index contributed by atoms with van der Waals surface area (Å²) in [5.41, 5.74) is 1.45. The van der Waals surface area contributed by atoms with Crippen molar-refractivity contribution in [1.29, 1.82) is 0 Å². The minimum atomic E-state index is 0.156. The van der Waals surface area contributed by atoms with Gasteiger partial charge in [0.05, 0.1) is 13.2 Å². The number of ether oxygens (including phenoxy) is 1. The summed E-state index contributed by atoms with van der Waals surface area (Å²) in [6.07, 6.45) is 5.31. The normalized spacial score (nSPS) is 23.5. The fourth-order valence-electron chi connectivity index (χ4n) is 3.87. The highest BCUT2D eigenvalue weighted by atomic mass is 16.5. The Morgan fingerprint density at radius 2 is 2.08 bits per heavy atom. The van der Waals surface area contributed by atoms with Crippen LogP contribution < -0.4 is 0 Å². The zero-order valence-electron chi connectivity index (χ0n) is 14.4. The summed E-state index contributed by atoms with van der Waals surface area (Å²) in [6, 6.07) is 10.4. The summed E-state index contributed by atoms with van der Waals surface area (Å²) in [5, 5.41) is 8.32.